The molecule has 0 aliphatic heterocycles. The van der Waals surface area contributed by atoms with E-state index in [0.717, 1.165) is 12.1 Å². The summed E-state index contributed by atoms with van der Waals surface area (Å²) < 4.78 is 37.6. The molecule has 0 bridgehead atoms. The maximum atomic E-state index is 12.5. The van der Waals surface area contributed by atoms with Crippen molar-refractivity contribution in [3.05, 3.63) is 34.1 Å². The van der Waals surface area contributed by atoms with Crippen LogP contribution in [-0.2, 0) is 6.18 Å². The van der Waals surface area contributed by atoms with Crippen LogP contribution in [0.1, 0.15) is 5.56 Å². The average Bonchev–Trinajstić information content (AvgIpc) is 2.39. The summed E-state index contributed by atoms with van der Waals surface area (Å²) in [5.41, 5.74) is -0.628. The van der Waals surface area contributed by atoms with Gasteiger partial charge in [0.2, 0.25) is 17.2 Å². The Kier molecular flexibility index (Phi) is 4.38. The summed E-state index contributed by atoms with van der Waals surface area (Å²) in [6.45, 7) is 0. The highest BCUT2D eigenvalue weighted by Crippen LogP contribution is 2.34. The van der Waals surface area contributed by atoms with Crippen LogP contribution in [0.5, 0.6) is 0 Å². The highest BCUT2D eigenvalue weighted by atomic mass is 35.5. The first-order valence-corrected chi connectivity index (χ1v) is 6.28. The van der Waals surface area contributed by atoms with Gasteiger partial charge in [0, 0.05) is 7.05 Å². The molecule has 0 aliphatic carbocycles. The van der Waals surface area contributed by atoms with E-state index in [2.05, 4.69) is 25.6 Å². The number of hydrogen-bond acceptors (Lipinski definition) is 5. The number of anilines is 3. The van der Waals surface area contributed by atoms with Crippen molar-refractivity contribution in [3.63, 3.8) is 0 Å². The third kappa shape index (κ3) is 3.85. The zero-order chi connectivity index (χ0) is 15.6. The van der Waals surface area contributed by atoms with Crippen LogP contribution < -0.4 is 10.6 Å². The van der Waals surface area contributed by atoms with Crippen molar-refractivity contribution in [2.75, 3.05) is 17.7 Å². The van der Waals surface area contributed by atoms with Crippen molar-refractivity contribution in [2.24, 2.45) is 0 Å². The molecule has 0 radical (unpaired) electrons. The second kappa shape index (κ2) is 5.90. The van der Waals surface area contributed by atoms with E-state index in [0.29, 0.717) is 0 Å². The quantitative estimate of drug-likeness (QED) is 0.886. The molecule has 2 N–H and O–H groups in total. The normalized spacial score (nSPS) is 11.3. The monoisotopic (exact) mass is 337 g/mol. The largest absolute Gasteiger partial charge is 0.416 e. The summed E-state index contributed by atoms with van der Waals surface area (Å²) in [6.07, 6.45) is -4.46. The van der Waals surface area contributed by atoms with E-state index in [9.17, 15) is 13.2 Å². The number of benzene rings is 1. The summed E-state index contributed by atoms with van der Waals surface area (Å²) in [7, 11) is 1.58. The molecule has 0 saturated heterocycles. The van der Waals surface area contributed by atoms with Gasteiger partial charge in [-0.25, -0.2) is 0 Å². The first-order chi connectivity index (χ1) is 9.79. The minimum absolute atomic E-state index is 0.0565. The van der Waals surface area contributed by atoms with Gasteiger partial charge in [-0.15, -0.1) is 0 Å². The van der Waals surface area contributed by atoms with Crippen LogP contribution in [0.3, 0.4) is 0 Å². The van der Waals surface area contributed by atoms with Crippen LogP contribution in [0.25, 0.3) is 0 Å². The second-order valence-corrected chi connectivity index (χ2v) is 4.56. The number of nitrogens with one attached hydrogen (secondary N) is 2. The van der Waals surface area contributed by atoms with Crippen molar-refractivity contribution < 1.29 is 13.2 Å². The zero-order valence-corrected chi connectivity index (χ0v) is 12.0. The summed E-state index contributed by atoms with van der Waals surface area (Å²) >= 11 is 11.5. The molecule has 1 aromatic carbocycles. The van der Waals surface area contributed by atoms with Crippen LogP contribution >= 0.6 is 23.2 Å². The molecule has 0 fully saturated rings. The topological polar surface area (TPSA) is 62.7 Å². The van der Waals surface area contributed by atoms with Gasteiger partial charge in [-0.1, -0.05) is 11.6 Å². The molecule has 1 aromatic heterocycles. The summed E-state index contributed by atoms with van der Waals surface area (Å²) in [5, 5.41) is 5.16. The molecule has 5 nitrogen and oxygen atoms in total. The van der Waals surface area contributed by atoms with Gasteiger partial charge >= 0.3 is 6.18 Å². The molecule has 21 heavy (non-hydrogen) atoms. The third-order valence-corrected chi connectivity index (χ3v) is 2.86. The summed E-state index contributed by atoms with van der Waals surface area (Å²) in [5.74, 6) is 0.265. The first kappa shape index (κ1) is 15.6. The van der Waals surface area contributed by atoms with Gasteiger partial charge in [-0.2, -0.15) is 28.1 Å². The SMILES string of the molecule is CNc1nc(Cl)nc(Nc2ccc(C(F)(F)F)cc2Cl)n1. The fourth-order valence-electron chi connectivity index (χ4n) is 1.43. The maximum Gasteiger partial charge on any atom is 0.416 e. The Morgan fingerprint density at radius 1 is 1.05 bits per heavy atom. The standard InChI is InChI=1S/C11H8Cl2F3N5/c1-17-9-19-8(13)20-10(21-9)18-7-3-2-5(4-6(7)12)11(14,15)16/h2-4H,1H3,(H2,17,18,19,20,21). The lowest BCUT2D eigenvalue weighted by atomic mass is 10.2. The number of nitrogens with zero attached hydrogens (tertiary/aromatic N) is 3. The van der Waals surface area contributed by atoms with Gasteiger partial charge in [-0.3, -0.25) is 0 Å². The van der Waals surface area contributed by atoms with Crippen molar-refractivity contribution in [2.45, 2.75) is 6.18 Å². The first-order valence-electron chi connectivity index (χ1n) is 5.52. The van der Waals surface area contributed by atoms with Crippen LogP contribution in [0, 0.1) is 0 Å². The highest BCUT2D eigenvalue weighted by Gasteiger charge is 2.30. The van der Waals surface area contributed by atoms with E-state index < -0.39 is 11.7 Å². The van der Waals surface area contributed by atoms with Crippen molar-refractivity contribution in [1.29, 1.82) is 0 Å². The number of alkyl halides is 3. The molecule has 2 aromatic rings. The summed E-state index contributed by atoms with van der Waals surface area (Å²) in [6, 6.07) is 2.89. The van der Waals surface area contributed by atoms with E-state index in [-0.39, 0.29) is 27.9 Å². The van der Waals surface area contributed by atoms with Gasteiger partial charge in [-0.05, 0) is 29.8 Å². The molecular weight excluding hydrogens is 330 g/mol. The van der Waals surface area contributed by atoms with E-state index in [1.54, 1.807) is 7.05 Å². The van der Waals surface area contributed by atoms with Crippen molar-refractivity contribution in [1.82, 2.24) is 15.0 Å². The Bertz CT molecular complexity index is 663. The van der Waals surface area contributed by atoms with E-state index in [1.165, 1.54) is 6.07 Å². The molecule has 1 heterocycles. The number of aromatic nitrogens is 3. The Labute approximate surface area is 127 Å². The lowest BCUT2D eigenvalue weighted by molar-refractivity contribution is -0.137. The minimum atomic E-state index is -4.46. The van der Waals surface area contributed by atoms with Crippen LogP contribution in [0.15, 0.2) is 18.2 Å². The second-order valence-electron chi connectivity index (χ2n) is 3.82. The molecule has 0 atom stereocenters. The average molecular weight is 338 g/mol. The van der Waals surface area contributed by atoms with E-state index in [4.69, 9.17) is 23.2 Å². The van der Waals surface area contributed by atoms with Crippen LogP contribution in [-0.4, -0.2) is 22.0 Å². The maximum absolute atomic E-state index is 12.5. The lowest BCUT2D eigenvalue weighted by Gasteiger charge is -2.11. The zero-order valence-electron chi connectivity index (χ0n) is 10.5. The van der Waals surface area contributed by atoms with E-state index >= 15 is 0 Å². The van der Waals surface area contributed by atoms with E-state index in [1.807, 2.05) is 0 Å². The Morgan fingerprint density at radius 3 is 2.29 bits per heavy atom. The number of rotatable bonds is 3. The third-order valence-electron chi connectivity index (χ3n) is 2.37. The van der Waals surface area contributed by atoms with Gasteiger partial charge in [0.15, 0.2) is 0 Å². The molecule has 0 amide bonds. The van der Waals surface area contributed by atoms with Crippen molar-refractivity contribution in [3.8, 4) is 0 Å². The van der Waals surface area contributed by atoms with Crippen LogP contribution in [0.4, 0.5) is 30.8 Å². The molecule has 112 valence electrons. The fourth-order valence-corrected chi connectivity index (χ4v) is 1.82. The molecule has 0 unspecified atom stereocenters. The Balaban J connectivity index is 2.30. The van der Waals surface area contributed by atoms with Crippen LogP contribution in [0.2, 0.25) is 10.3 Å². The molecule has 2 rings (SSSR count). The molecule has 10 heteroatoms. The smallest absolute Gasteiger partial charge is 0.357 e. The summed E-state index contributed by atoms with van der Waals surface area (Å²) in [4.78, 5) is 11.5. The predicted octanol–water partition coefficient (Wildman–Crippen LogP) is 3.98. The van der Waals surface area contributed by atoms with Crippen molar-refractivity contribution >= 4 is 40.8 Å². The van der Waals surface area contributed by atoms with Gasteiger partial charge in [0.1, 0.15) is 0 Å². The fraction of sp³-hybridized carbons (Fsp3) is 0.182. The molecule has 0 spiro atoms. The van der Waals surface area contributed by atoms with Gasteiger partial charge in [0.05, 0.1) is 16.3 Å². The Morgan fingerprint density at radius 2 is 1.71 bits per heavy atom. The van der Waals surface area contributed by atoms with Gasteiger partial charge < -0.3 is 10.6 Å². The number of hydrogen-bond donors (Lipinski definition) is 2. The molecule has 0 saturated carbocycles. The highest BCUT2D eigenvalue weighted by molar-refractivity contribution is 6.33. The number of halogens is 5. The van der Waals surface area contributed by atoms with Gasteiger partial charge in [0.25, 0.3) is 0 Å². The predicted molar refractivity (Wildman–Crippen MR) is 74.1 cm³/mol. The lowest BCUT2D eigenvalue weighted by Crippen LogP contribution is -2.06. The molecular formula is C11H8Cl2F3N5. The minimum Gasteiger partial charge on any atom is -0.357 e. The Hall–Kier alpha value is -1.80. The molecule has 0 aliphatic rings.